The Balaban J connectivity index is 1.82. The van der Waals surface area contributed by atoms with E-state index in [1.54, 1.807) is 17.0 Å². The number of hydrogen-bond acceptors (Lipinski definition) is 4. The van der Waals surface area contributed by atoms with Crippen molar-refractivity contribution in [3.8, 4) is 6.07 Å². The summed E-state index contributed by atoms with van der Waals surface area (Å²) in [5.74, 6) is -0.565. The molecule has 0 saturated carbocycles. The van der Waals surface area contributed by atoms with Gasteiger partial charge in [0.1, 0.15) is 0 Å². The van der Waals surface area contributed by atoms with Crippen LogP contribution in [0.4, 0.5) is 11.4 Å². The van der Waals surface area contributed by atoms with Crippen molar-refractivity contribution in [2.45, 2.75) is 39.7 Å². The van der Waals surface area contributed by atoms with Crippen molar-refractivity contribution in [3.63, 3.8) is 0 Å². The fourth-order valence-electron chi connectivity index (χ4n) is 2.80. The molecule has 0 bridgehead atoms. The molecule has 7 heteroatoms. The lowest BCUT2D eigenvalue weighted by atomic mass is 10.1. The summed E-state index contributed by atoms with van der Waals surface area (Å²) in [4.78, 5) is 38.1. The maximum Gasteiger partial charge on any atom is 0.227 e. The number of nitrogens with one attached hydrogen (secondary N) is 2. The Hall–Kier alpha value is -3.66. The molecule has 0 atom stereocenters. The molecule has 2 aromatic rings. The SMILES string of the molecule is CC(C)C(=O)Nc1ccc(CNC(=O)CCC(=O)N(CCC#N)c2ccccc2)cc1. The minimum atomic E-state index is -0.223. The van der Waals surface area contributed by atoms with Gasteiger partial charge in [-0.2, -0.15) is 5.26 Å². The van der Waals surface area contributed by atoms with Crippen LogP contribution in [-0.2, 0) is 20.9 Å². The molecule has 0 spiro atoms. The fraction of sp³-hybridized carbons (Fsp3) is 0.333. The summed E-state index contributed by atoms with van der Waals surface area (Å²) in [5.41, 5.74) is 2.31. The lowest BCUT2D eigenvalue weighted by molar-refractivity contribution is -0.125. The van der Waals surface area contributed by atoms with Gasteiger partial charge in [-0.1, -0.05) is 44.2 Å². The number of hydrogen-bond donors (Lipinski definition) is 2. The molecule has 0 aliphatic heterocycles. The molecule has 0 radical (unpaired) electrons. The van der Waals surface area contributed by atoms with Crippen molar-refractivity contribution in [2.75, 3.05) is 16.8 Å². The average molecular weight is 421 g/mol. The molecule has 2 rings (SSSR count). The fourth-order valence-corrected chi connectivity index (χ4v) is 2.80. The molecule has 7 nitrogen and oxygen atoms in total. The number of carbonyl (C=O) groups is 3. The van der Waals surface area contributed by atoms with Crippen LogP contribution < -0.4 is 15.5 Å². The van der Waals surface area contributed by atoms with E-state index >= 15 is 0 Å². The monoisotopic (exact) mass is 420 g/mol. The molecule has 0 fully saturated rings. The predicted molar refractivity (Wildman–Crippen MR) is 120 cm³/mol. The Kier molecular flexibility index (Phi) is 9.24. The Bertz CT molecular complexity index is 918. The molecule has 2 N–H and O–H groups in total. The summed E-state index contributed by atoms with van der Waals surface area (Å²) in [6, 6.07) is 18.4. The van der Waals surface area contributed by atoms with Gasteiger partial charge in [0.2, 0.25) is 17.7 Å². The first-order valence-electron chi connectivity index (χ1n) is 10.3. The zero-order valence-electron chi connectivity index (χ0n) is 17.9. The first kappa shape index (κ1) is 23.6. The van der Waals surface area contributed by atoms with Crippen LogP contribution in [0, 0.1) is 17.2 Å². The van der Waals surface area contributed by atoms with E-state index in [1.165, 1.54) is 0 Å². The predicted octanol–water partition coefficient (Wildman–Crippen LogP) is 3.62. The number of carbonyl (C=O) groups excluding carboxylic acids is 3. The standard InChI is InChI=1S/C24H28N4O3/c1-18(2)24(31)27-20-11-9-19(10-12-20)17-26-22(29)13-14-23(30)28(16-6-15-25)21-7-4-3-5-8-21/h3-5,7-12,18H,6,13-14,16-17H2,1-2H3,(H,26,29)(H,27,31). The van der Waals surface area contributed by atoms with Crippen LogP contribution in [0.2, 0.25) is 0 Å². The molecule has 31 heavy (non-hydrogen) atoms. The number of amides is 3. The zero-order valence-corrected chi connectivity index (χ0v) is 17.9. The molecule has 0 aromatic heterocycles. The van der Waals surface area contributed by atoms with E-state index in [2.05, 4.69) is 10.6 Å². The van der Waals surface area contributed by atoms with E-state index in [0.29, 0.717) is 24.5 Å². The Morgan fingerprint density at radius 2 is 1.68 bits per heavy atom. The van der Waals surface area contributed by atoms with Gasteiger partial charge in [0, 0.05) is 43.2 Å². The van der Waals surface area contributed by atoms with Crippen LogP contribution in [0.1, 0.15) is 38.7 Å². The Morgan fingerprint density at radius 3 is 2.29 bits per heavy atom. The summed E-state index contributed by atoms with van der Waals surface area (Å²) >= 11 is 0. The molecule has 0 aliphatic rings. The highest BCUT2D eigenvalue weighted by atomic mass is 16.2. The second-order valence-electron chi connectivity index (χ2n) is 7.41. The minimum Gasteiger partial charge on any atom is -0.352 e. The van der Waals surface area contributed by atoms with Gasteiger partial charge >= 0.3 is 0 Å². The lowest BCUT2D eigenvalue weighted by Gasteiger charge is -2.21. The Morgan fingerprint density at radius 1 is 1.00 bits per heavy atom. The van der Waals surface area contributed by atoms with E-state index < -0.39 is 0 Å². The zero-order chi connectivity index (χ0) is 22.6. The van der Waals surface area contributed by atoms with Crippen molar-refractivity contribution in [1.29, 1.82) is 5.26 Å². The summed E-state index contributed by atoms with van der Waals surface area (Å²) in [5, 5.41) is 14.5. The van der Waals surface area contributed by atoms with Crippen molar-refractivity contribution in [1.82, 2.24) is 5.32 Å². The van der Waals surface area contributed by atoms with Crippen LogP contribution >= 0.6 is 0 Å². The average Bonchev–Trinajstić information content (AvgIpc) is 2.78. The van der Waals surface area contributed by atoms with Gasteiger partial charge in [0.15, 0.2) is 0 Å². The second-order valence-corrected chi connectivity index (χ2v) is 7.41. The molecule has 0 saturated heterocycles. The summed E-state index contributed by atoms with van der Waals surface area (Å²) in [6.07, 6.45) is 0.351. The second kappa shape index (κ2) is 12.1. The van der Waals surface area contributed by atoms with Gasteiger partial charge < -0.3 is 15.5 Å². The van der Waals surface area contributed by atoms with Crippen LogP contribution in [0.3, 0.4) is 0 Å². The normalized spacial score (nSPS) is 10.3. The van der Waals surface area contributed by atoms with Crippen LogP contribution in [0.15, 0.2) is 54.6 Å². The first-order chi connectivity index (χ1) is 14.9. The summed E-state index contributed by atoms with van der Waals surface area (Å²) < 4.78 is 0. The molecular weight excluding hydrogens is 392 g/mol. The van der Waals surface area contributed by atoms with Gasteiger partial charge in [-0.3, -0.25) is 14.4 Å². The van der Waals surface area contributed by atoms with Gasteiger partial charge in [-0.05, 0) is 29.8 Å². The highest BCUT2D eigenvalue weighted by Gasteiger charge is 2.16. The highest BCUT2D eigenvalue weighted by Crippen LogP contribution is 2.16. The molecule has 3 amide bonds. The molecule has 2 aromatic carbocycles. The van der Waals surface area contributed by atoms with Gasteiger partial charge in [-0.25, -0.2) is 0 Å². The number of anilines is 2. The van der Waals surface area contributed by atoms with E-state index in [4.69, 9.17) is 5.26 Å². The van der Waals surface area contributed by atoms with Gasteiger partial charge in [-0.15, -0.1) is 0 Å². The number of para-hydroxylation sites is 1. The van der Waals surface area contributed by atoms with Gasteiger partial charge in [0.05, 0.1) is 12.5 Å². The van der Waals surface area contributed by atoms with Crippen LogP contribution in [0.5, 0.6) is 0 Å². The third kappa shape index (κ3) is 7.94. The number of benzene rings is 2. The van der Waals surface area contributed by atoms with Crippen LogP contribution in [-0.4, -0.2) is 24.3 Å². The first-order valence-corrected chi connectivity index (χ1v) is 10.3. The molecule has 162 valence electrons. The molecule has 0 heterocycles. The quantitative estimate of drug-likeness (QED) is 0.613. The highest BCUT2D eigenvalue weighted by molar-refractivity contribution is 5.95. The van der Waals surface area contributed by atoms with Crippen LogP contribution in [0.25, 0.3) is 0 Å². The third-order valence-corrected chi connectivity index (χ3v) is 4.62. The summed E-state index contributed by atoms with van der Waals surface area (Å²) in [6.45, 7) is 4.28. The van der Waals surface area contributed by atoms with E-state index in [-0.39, 0.29) is 42.9 Å². The van der Waals surface area contributed by atoms with Crippen molar-refractivity contribution in [3.05, 3.63) is 60.2 Å². The molecule has 0 unspecified atom stereocenters. The molecular formula is C24H28N4O3. The summed E-state index contributed by atoms with van der Waals surface area (Å²) in [7, 11) is 0. The third-order valence-electron chi connectivity index (χ3n) is 4.62. The van der Waals surface area contributed by atoms with Crippen molar-refractivity contribution < 1.29 is 14.4 Å². The minimum absolute atomic E-state index is 0.0509. The smallest absolute Gasteiger partial charge is 0.227 e. The van der Waals surface area contributed by atoms with E-state index in [1.807, 2.05) is 62.4 Å². The number of nitrogens with zero attached hydrogens (tertiary/aromatic N) is 2. The number of rotatable bonds is 10. The van der Waals surface area contributed by atoms with Crippen molar-refractivity contribution >= 4 is 29.1 Å². The Labute approximate surface area is 183 Å². The lowest BCUT2D eigenvalue weighted by Crippen LogP contribution is -2.33. The van der Waals surface area contributed by atoms with E-state index in [9.17, 15) is 14.4 Å². The largest absolute Gasteiger partial charge is 0.352 e. The topological polar surface area (TPSA) is 102 Å². The van der Waals surface area contributed by atoms with E-state index in [0.717, 1.165) is 5.56 Å². The maximum atomic E-state index is 12.6. The van der Waals surface area contributed by atoms with Gasteiger partial charge in [0.25, 0.3) is 0 Å². The molecule has 0 aliphatic carbocycles. The maximum absolute atomic E-state index is 12.6. The van der Waals surface area contributed by atoms with Crippen molar-refractivity contribution in [2.24, 2.45) is 5.92 Å². The number of nitriles is 1.